The molecule has 0 N–H and O–H groups in total. The SMILES string of the molecule is CC[N+](CC)(CCCCN(Cc1cc(C)cc(C)c1)S(=O)(=O)c1ccc2c(Cl)cccc2c1)Cc1ccccc1. The molecule has 0 aliphatic rings. The van der Waals surface area contributed by atoms with Crippen molar-refractivity contribution in [2.75, 3.05) is 26.2 Å². The third-order valence-corrected chi connectivity index (χ3v) is 10.2. The molecule has 0 saturated heterocycles. The van der Waals surface area contributed by atoms with E-state index in [0.717, 1.165) is 71.0 Å². The van der Waals surface area contributed by atoms with E-state index in [9.17, 15) is 8.42 Å². The summed E-state index contributed by atoms with van der Waals surface area (Å²) in [5, 5.41) is 2.31. The Morgan fingerprint density at radius 3 is 2.15 bits per heavy atom. The maximum atomic E-state index is 14.1. The van der Waals surface area contributed by atoms with Crippen LogP contribution < -0.4 is 0 Å². The van der Waals surface area contributed by atoms with Crippen LogP contribution in [0.2, 0.25) is 5.02 Å². The first-order chi connectivity index (χ1) is 19.2. The van der Waals surface area contributed by atoms with E-state index < -0.39 is 10.0 Å². The summed E-state index contributed by atoms with van der Waals surface area (Å²) in [6.07, 6.45) is 1.76. The summed E-state index contributed by atoms with van der Waals surface area (Å²) in [7, 11) is -3.72. The van der Waals surface area contributed by atoms with Crippen LogP contribution in [0, 0.1) is 13.8 Å². The van der Waals surface area contributed by atoms with Gasteiger partial charge in [-0.25, -0.2) is 8.42 Å². The molecule has 0 bridgehead atoms. The third-order valence-electron chi connectivity index (χ3n) is 8.07. The molecule has 0 atom stereocenters. The van der Waals surface area contributed by atoms with Crippen molar-refractivity contribution >= 4 is 32.4 Å². The van der Waals surface area contributed by atoms with E-state index in [4.69, 9.17) is 11.6 Å². The number of nitrogens with zero attached hydrogens (tertiary/aromatic N) is 2. The van der Waals surface area contributed by atoms with Gasteiger partial charge in [-0.3, -0.25) is 0 Å². The lowest BCUT2D eigenvalue weighted by Crippen LogP contribution is -2.47. The van der Waals surface area contributed by atoms with Crippen LogP contribution in [0.25, 0.3) is 10.8 Å². The summed E-state index contributed by atoms with van der Waals surface area (Å²) in [6.45, 7) is 13.6. The largest absolute Gasteiger partial charge is 0.320 e. The van der Waals surface area contributed by atoms with Crippen LogP contribution in [-0.4, -0.2) is 43.4 Å². The molecule has 0 unspecified atom stereocenters. The van der Waals surface area contributed by atoms with Gasteiger partial charge in [0.15, 0.2) is 0 Å². The van der Waals surface area contributed by atoms with E-state index >= 15 is 0 Å². The first kappa shape index (κ1) is 30.3. The Bertz CT molecular complexity index is 1510. The van der Waals surface area contributed by atoms with Crippen molar-refractivity contribution in [3.63, 3.8) is 0 Å². The highest BCUT2D eigenvalue weighted by molar-refractivity contribution is 7.89. The standard InChI is InChI=1S/C34H42ClN2O2S/c1-5-37(6-2,26-29-13-8-7-9-14-29)20-11-10-19-36(25-30-22-27(3)21-28(4)23-30)40(38,39)32-17-18-33-31(24-32)15-12-16-34(33)35/h7-9,12-18,21-24H,5-6,10-11,19-20,25-26H2,1-4H3/q+1. The van der Waals surface area contributed by atoms with E-state index in [1.807, 2.05) is 24.3 Å². The molecule has 0 fully saturated rings. The van der Waals surface area contributed by atoms with Crippen LogP contribution in [0.5, 0.6) is 0 Å². The second-order valence-electron chi connectivity index (χ2n) is 11.0. The molecule has 4 aromatic carbocycles. The summed E-state index contributed by atoms with van der Waals surface area (Å²) in [5.74, 6) is 0. The minimum Gasteiger partial charge on any atom is -0.320 e. The fourth-order valence-electron chi connectivity index (χ4n) is 5.73. The van der Waals surface area contributed by atoms with Gasteiger partial charge in [0.2, 0.25) is 10.0 Å². The Hall–Kier alpha value is -2.70. The molecule has 40 heavy (non-hydrogen) atoms. The monoisotopic (exact) mass is 577 g/mol. The van der Waals surface area contributed by atoms with Crippen molar-refractivity contribution in [3.05, 3.63) is 112 Å². The number of hydrogen-bond acceptors (Lipinski definition) is 2. The van der Waals surface area contributed by atoms with Crippen LogP contribution >= 0.6 is 11.6 Å². The van der Waals surface area contributed by atoms with Crippen molar-refractivity contribution in [3.8, 4) is 0 Å². The van der Waals surface area contributed by atoms with Gasteiger partial charge in [0, 0.05) is 29.1 Å². The number of halogens is 1. The molecule has 4 rings (SSSR count). The molecule has 4 nitrogen and oxygen atoms in total. The highest BCUT2D eigenvalue weighted by atomic mass is 35.5. The van der Waals surface area contributed by atoms with Gasteiger partial charge in [0.25, 0.3) is 0 Å². The smallest absolute Gasteiger partial charge is 0.243 e. The lowest BCUT2D eigenvalue weighted by Gasteiger charge is -2.37. The van der Waals surface area contributed by atoms with Gasteiger partial charge in [0.05, 0.1) is 24.5 Å². The van der Waals surface area contributed by atoms with Crippen molar-refractivity contribution in [1.29, 1.82) is 0 Å². The molecule has 0 aromatic heterocycles. The topological polar surface area (TPSA) is 37.4 Å². The number of unbranched alkanes of at least 4 members (excludes halogenated alkanes) is 1. The second-order valence-corrected chi connectivity index (χ2v) is 13.4. The summed E-state index contributed by atoms with van der Waals surface area (Å²) in [5.41, 5.74) is 4.64. The number of quaternary nitrogens is 1. The Kier molecular flexibility index (Phi) is 10.1. The van der Waals surface area contributed by atoms with Gasteiger partial charge < -0.3 is 4.48 Å². The van der Waals surface area contributed by atoms with Crippen molar-refractivity contribution < 1.29 is 12.9 Å². The number of aryl methyl sites for hydroxylation is 2. The summed E-state index contributed by atoms with van der Waals surface area (Å²) in [6, 6.07) is 27.8. The fraction of sp³-hybridized carbons (Fsp3) is 0.353. The lowest BCUT2D eigenvalue weighted by molar-refractivity contribution is -0.938. The Morgan fingerprint density at radius 2 is 1.48 bits per heavy atom. The number of fused-ring (bicyclic) bond motifs is 1. The Morgan fingerprint density at radius 1 is 0.775 bits per heavy atom. The average molecular weight is 578 g/mol. The van der Waals surface area contributed by atoms with Crippen LogP contribution in [0.15, 0.2) is 89.8 Å². The van der Waals surface area contributed by atoms with Gasteiger partial charge in [-0.2, -0.15) is 4.31 Å². The van der Waals surface area contributed by atoms with E-state index in [1.54, 1.807) is 16.4 Å². The normalized spacial score (nSPS) is 12.3. The first-order valence-corrected chi connectivity index (χ1v) is 16.1. The highest BCUT2D eigenvalue weighted by Crippen LogP contribution is 2.28. The molecule has 0 aliphatic carbocycles. The molecule has 0 spiro atoms. The van der Waals surface area contributed by atoms with Gasteiger partial charge >= 0.3 is 0 Å². The van der Waals surface area contributed by atoms with Gasteiger partial charge in [-0.15, -0.1) is 0 Å². The maximum Gasteiger partial charge on any atom is 0.243 e. The zero-order chi connectivity index (χ0) is 28.8. The highest BCUT2D eigenvalue weighted by Gasteiger charge is 2.27. The molecule has 0 aliphatic heterocycles. The number of rotatable bonds is 13. The molecule has 0 heterocycles. The molecule has 0 saturated carbocycles. The van der Waals surface area contributed by atoms with Crippen LogP contribution in [0.4, 0.5) is 0 Å². The van der Waals surface area contributed by atoms with Crippen LogP contribution in [-0.2, 0) is 23.1 Å². The van der Waals surface area contributed by atoms with Gasteiger partial charge in [0.1, 0.15) is 6.54 Å². The minimum atomic E-state index is -3.72. The van der Waals surface area contributed by atoms with Gasteiger partial charge in [-0.05, 0) is 69.7 Å². The molecular weight excluding hydrogens is 536 g/mol. The Balaban J connectivity index is 1.55. The average Bonchev–Trinajstić information content (AvgIpc) is 2.94. The summed E-state index contributed by atoms with van der Waals surface area (Å²) in [4.78, 5) is 0.308. The van der Waals surface area contributed by atoms with E-state index in [-0.39, 0.29) is 0 Å². The van der Waals surface area contributed by atoms with Crippen LogP contribution in [0.1, 0.15) is 48.9 Å². The number of sulfonamides is 1. The van der Waals surface area contributed by atoms with Crippen molar-refractivity contribution in [1.82, 2.24) is 4.31 Å². The van der Waals surface area contributed by atoms with Crippen LogP contribution in [0.3, 0.4) is 0 Å². The predicted molar refractivity (Wildman–Crippen MR) is 168 cm³/mol. The number of hydrogen-bond donors (Lipinski definition) is 0. The third kappa shape index (κ3) is 7.32. The number of benzene rings is 4. The predicted octanol–water partition coefficient (Wildman–Crippen LogP) is 8.14. The van der Waals surface area contributed by atoms with E-state index in [0.29, 0.717) is 23.0 Å². The summed E-state index contributed by atoms with van der Waals surface area (Å²) < 4.78 is 30.8. The molecule has 0 amide bonds. The quantitative estimate of drug-likeness (QED) is 0.119. The van der Waals surface area contributed by atoms with Gasteiger partial charge in [-0.1, -0.05) is 89.5 Å². The van der Waals surface area contributed by atoms with Crippen molar-refractivity contribution in [2.24, 2.45) is 0 Å². The Labute approximate surface area is 245 Å². The van der Waals surface area contributed by atoms with E-state index in [2.05, 4.69) is 76.2 Å². The molecular formula is C34H42ClN2O2S+. The zero-order valence-electron chi connectivity index (χ0n) is 24.2. The molecule has 6 heteroatoms. The molecule has 212 valence electrons. The first-order valence-electron chi connectivity index (χ1n) is 14.3. The minimum absolute atomic E-state index is 0.308. The summed E-state index contributed by atoms with van der Waals surface area (Å²) >= 11 is 6.36. The second kappa shape index (κ2) is 13.3. The molecule has 4 aromatic rings. The molecule has 0 radical (unpaired) electrons. The maximum absolute atomic E-state index is 14.1. The lowest BCUT2D eigenvalue weighted by atomic mass is 10.1. The fourth-order valence-corrected chi connectivity index (χ4v) is 7.48. The zero-order valence-corrected chi connectivity index (χ0v) is 25.8. The van der Waals surface area contributed by atoms with Crippen molar-refractivity contribution in [2.45, 2.75) is 58.5 Å². The van der Waals surface area contributed by atoms with E-state index in [1.165, 1.54) is 5.56 Å².